The van der Waals surface area contributed by atoms with Gasteiger partial charge in [0, 0.05) is 25.2 Å². The van der Waals surface area contributed by atoms with Crippen molar-refractivity contribution in [3.8, 4) is 0 Å². The van der Waals surface area contributed by atoms with Crippen molar-refractivity contribution in [2.45, 2.75) is 26.0 Å². The van der Waals surface area contributed by atoms with Crippen LogP contribution < -0.4 is 10.9 Å². The molecule has 0 aromatic rings. The van der Waals surface area contributed by atoms with Crippen LogP contribution in [-0.4, -0.2) is 92.8 Å². The van der Waals surface area contributed by atoms with Gasteiger partial charge in [-0.3, -0.25) is 39.8 Å². The molecule has 2 fully saturated rings. The number of imide groups is 1. The molecule has 0 aromatic carbocycles. The third kappa shape index (κ3) is 3.01. The highest BCUT2D eigenvalue weighted by molar-refractivity contribution is 6.47. The predicted octanol–water partition coefficient (Wildman–Crippen LogP) is -4.22. The predicted molar refractivity (Wildman–Crippen MR) is 87.8 cm³/mol. The number of hydrogen-bond donors (Lipinski definition) is 4. The number of nitrogens with zero attached hydrogens (tertiary/aromatic N) is 4. The molecular weight excluding hydrogens is 346 g/mol. The zero-order valence-corrected chi connectivity index (χ0v) is 14.2. The Bertz CT molecular complexity index is 635. The van der Waals surface area contributed by atoms with E-state index in [0.717, 1.165) is 17.1 Å². The van der Waals surface area contributed by atoms with E-state index in [-0.39, 0.29) is 13.1 Å². The van der Waals surface area contributed by atoms with Crippen molar-refractivity contribution in [1.82, 2.24) is 30.5 Å². The lowest BCUT2D eigenvalue weighted by molar-refractivity contribution is -0.177. The fourth-order valence-corrected chi connectivity index (χ4v) is 3.07. The molecule has 2 unspecified atom stereocenters. The van der Waals surface area contributed by atoms with Crippen molar-refractivity contribution < 1.29 is 29.2 Å². The second-order valence-corrected chi connectivity index (χ2v) is 6.18. The molecule has 3 heterocycles. The molecule has 4 N–H and O–H groups in total. The van der Waals surface area contributed by atoms with Gasteiger partial charge < -0.3 is 10.0 Å². The lowest BCUT2D eigenvalue weighted by Gasteiger charge is -2.54. The summed E-state index contributed by atoms with van der Waals surface area (Å²) in [7, 11) is -2.06. The summed E-state index contributed by atoms with van der Waals surface area (Å²) in [6, 6.07) is 0. The molecule has 4 amide bonds. The third-order valence-electron chi connectivity index (χ3n) is 4.39. The largest absolute Gasteiger partial charge is 0.436 e. The highest BCUT2D eigenvalue weighted by Gasteiger charge is 2.54. The van der Waals surface area contributed by atoms with E-state index in [1.165, 1.54) is 28.4 Å². The van der Waals surface area contributed by atoms with Crippen molar-refractivity contribution in [2.24, 2.45) is 0 Å². The maximum atomic E-state index is 12.1. The van der Waals surface area contributed by atoms with E-state index in [4.69, 9.17) is 0 Å². The lowest BCUT2D eigenvalue weighted by atomic mass is 9.83. The van der Waals surface area contributed by atoms with Crippen LogP contribution in [0.3, 0.4) is 0 Å². The topological polar surface area (TPSA) is 146 Å². The number of carbonyl (C=O) groups excluding carboxylic acids is 4. The van der Waals surface area contributed by atoms with Crippen LogP contribution in [0.15, 0.2) is 12.2 Å². The summed E-state index contributed by atoms with van der Waals surface area (Å²) in [5.41, 5.74) is 4.82. The first-order valence-electron chi connectivity index (χ1n) is 8.05. The molecule has 0 radical (unpaired) electrons. The van der Waals surface area contributed by atoms with E-state index in [1.807, 2.05) is 0 Å². The zero-order valence-electron chi connectivity index (χ0n) is 14.2. The van der Waals surface area contributed by atoms with Gasteiger partial charge in [-0.05, 0) is 13.6 Å². The smallest absolute Gasteiger partial charge is 0.397 e. The fourth-order valence-electron chi connectivity index (χ4n) is 3.07. The van der Waals surface area contributed by atoms with E-state index in [9.17, 15) is 29.2 Å². The molecule has 3 aliphatic rings. The van der Waals surface area contributed by atoms with Crippen LogP contribution in [-0.2, 0) is 19.2 Å². The Labute approximate surface area is 149 Å². The molecule has 138 valence electrons. The monoisotopic (exact) mass is 364 g/mol. The molecule has 0 aliphatic carbocycles. The number of hydrazine groups is 2. The van der Waals surface area contributed by atoms with Crippen LogP contribution in [0.5, 0.6) is 0 Å². The molecule has 0 saturated carbocycles. The van der Waals surface area contributed by atoms with Gasteiger partial charge in [0.2, 0.25) is 0 Å². The molecule has 26 heavy (non-hydrogen) atoms. The summed E-state index contributed by atoms with van der Waals surface area (Å²) in [6.45, 7) is 2.81. The number of hydrogen-bond acceptors (Lipinski definition) is 9. The van der Waals surface area contributed by atoms with Gasteiger partial charge in [-0.15, -0.1) is 0 Å². The van der Waals surface area contributed by atoms with Crippen molar-refractivity contribution >= 4 is 37.7 Å². The van der Waals surface area contributed by atoms with Gasteiger partial charge in [-0.25, -0.2) is 9.84 Å². The van der Waals surface area contributed by atoms with E-state index in [1.54, 1.807) is 0 Å². The van der Waals surface area contributed by atoms with Crippen LogP contribution in [0.1, 0.15) is 0 Å². The molecule has 3 aliphatic heterocycles. The van der Waals surface area contributed by atoms with Gasteiger partial charge in [0.05, 0.1) is 0 Å². The number of nitrogens with one attached hydrogen (secondary N) is 2. The lowest BCUT2D eigenvalue weighted by Crippen LogP contribution is -2.84. The first kappa shape index (κ1) is 18.5. The fraction of sp³-hybridized carbons (Fsp3) is 0.500. The van der Waals surface area contributed by atoms with Crippen molar-refractivity contribution in [3.05, 3.63) is 12.2 Å². The Hall–Kier alpha value is -2.25. The average Bonchev–Trinajstić information content (AvgIpc) is 2.85. The first-order chi connectivity index (χ1) is 12.2. The van der Waals surface area contributed by atoms with Crippen molar-refractivity contribution in [2.75, 3.05) is 13.1 Å². The first-order valence-corrected chi connectivity index (χ1v) is 8.05. The summed E-state index contributed by atoms with van der Waals surface area (Å²) in [5, 5.41) is 19.6. The molecular formula is C12H18B2N6O6. The van der Waals surface area contributed by atoms with E-state index < -0.39 is 50.1 Å². The van der Waals surface area contributed by atoms with Gasteiger partial charge in [0.25, 0.3) is 23.6 Å². The van der Waals surface area contributed by atoms with Crippen LogP contribution in [0.2, 0.25) is 13.6 Å². The Morgan fingerprint density at radius 2 is 1.38 bits per heavy atom. The minimum Gasteiger partial charge on any atom is -0.436 e. The summed E-state index contributed by atoms with van der Waals surface area (Å²) in [4.78, 5) is 52.4. The highest BCUT2D eigenvalue weighted by Crippen LogP contribution is 2.23. The van der Waals surface area contributed by atoms with E-state index >= 15 is 0 Å². The summed E-state index contributed by atoms with van der Waals surface area (Å²) < 4.78 is 0. The summed E-state index contributed by atoms with van der Waals surface area (Å²) in [6.07, 6.45) is 0.299. The Morgan fingerprint density at radius 3 is 1.73 bits per heavy atom. The molecule has 2 atom stereocenters. The van der Waals surface area contributed by atoms with Crippen LogP contribution >= 0.6 is 0 Å². The van der Waals surface area contributed by atoms with Gasteiger partial charge in [-0.1, -0.05) is 0 Å². The van der Waals surface area contributed by atoms with Gasteiger partial charge in [-0.2, -0.15) is 0 Å². The van der Waals surface area contributed by atoms with Gasteiger partial charge in [0.1, 0.15) is 0 Å². The van der Waals surface area contributed by atoms with Crippen LogP contribution in [0.25, 0.3) is 0 Å². The SMILES string of the molecule is CB(O)N1NC(=O)C1N(CCN1C(=O)C=CC1=O)C1C(=O)NN1B(C)O. The summed E-state index contributed by atoms with van der Waals surface area (Å²) >= 11 is 0. The quantitative estimate of drug-likeness (QED) is 0.261. The number of rotatable bonds is 7. The molecule has 3 rings (SSSR count). The molecule has 0 spiro atoms. The molecule has 12 nitrogen and oxygen atoms in total. The van der Waals surface area contributed by atoms with Gasteiger partial charge in [0.15, 0.2) is 12.3 Å². The van der Waals surface area contributed by atoms with E-state index in [2.05, 4.69) is 10.9 Å². The number of amides is 4. The molecule has 0 aromatic heterocycles. The molecule has 0 bridgehead atoms. The van der Waals surface area contributed by atoms with E-state index in [0.29, 0.717) is 0 Å². The molecule has 2 saturated heterocycles. The Morgan fingerprint density at radius 1 is 0.962 bits per heavy atom. The molecule has 14 heteroatoms. The zero-order chi connectivity index (χ0) is 19.2. The second kappa shape index (κ2) is 6.81. The number of carbonyl (C=O) groups is 4. The second-order valence-electron chi connectivity index (χ2n) is 6.18. The maximum Gasteiger partial charge on any atom is 0.397 e. The maximum absolute atomic E-state index is 12.1. The highest BCUT2D eigenvalue weighted by atomic mass is 16.2. The van der Waals surface area contributed by atoms with Crippen molar-refractivity contribution in [3.63, 3.8) is 0 Å². The van der Waals surface area contributed by atoms with Gasteiger partial charge >= 0.3 is 14.1 Å². The van der Waals surface area contributed by atoms with Crippen LogP contribution in [0.4, 0.5) is 0 Å². The Balaban J connectivity index is 1.80. The standard InChI is InChI=1S/C12H18B2N6O6/c1-13(25)19-11(9(23)15-19)18(12-10(24)16-20(12)14(2)26)6-5-17-7(21)3-4-8(17)22/h3-4,11-12,25-26H,5-6H2,1-2H3,(H,15,23)(H,16,24). The Kier molecular flexibility index (Phi) is 4.86. The normalized spacial score (nSPS) is 26.0. The average molecular weight is 364 g/mol. The summed E-state index contributed by atoms with van der Waals surface area (Å²) in [5.74, 6) is -1.86. The minimum absolute atomic E-state index is 0.0121. The third-order valence-corrected chi connectivity index (χ3v) is 4.39. The van der Waals surface area contributed by atoms with Crippen molar-refractivity contribution in [1.29, 1.82) is 0 Å². The minimum atomic E-state index is -1.03. The van der Waals surface area contributed by atoms with Crippen LogP contribution in [0, 0.1) is 0 Å².